The Morgan fingerprint density at radius 3 is 2.65 bits per heavy atom. The molecule has 5 heteroatoms. The van der Waals surface area contributed by atoms with Crippen LogP contribution in [0, 0.1) is 5.92 Å². The van der Waals surface area contributed by atoms with E-state index >= 15 is 0 Å². The van der Waals surface area contributed by atoms with Crippen molar-refractivity contribution in [1.29, 1.82) is 0 Å². The Balaban J connectivity index is 1.45. The van der Waals surface area contributed by atoms with Crippen molar-refractivity contribution >= 4 is 12.0 Å². The van der Waals surface area contributed by atoms with Crippen molar-refractivity contribution < 1.29 is 14.3 Å². The summed E-state index contributed by atoms with van der Waals surface area (Å²) in [7, 11) is 1.61. The fourth-order valence-corrected chi connectivity index (χ4v) is 3.32. The predicted octanol–water partition coefficient (Wildman–Crippen LogP) is 3.10. The third kappa shape index (κ3) is 5.24. The Bertz CT molecular complexity index is 632. The summed E-state index contributed by atoms with van der Waals surface area (Å²) in [5.41, 5.74) is 1.05. The van der Waals surface area contributed by atoms with Gasteiger partial charge in [-0.05, 0) is 62.8 Å². The maximum Gasteiger partial charge on any atom is 0.260 e. The molecule has 1 N–H and O–H groups in total. The molecule has 142 valence electrons. The molecule has 2 aliphatic rings. The van der Waals surface area contributed by atoms with Crippen LogP contribution in [-0.4, -0.2) is 50.2 Å². The van der Waals surface area contributed by atoms with Gasteiger partial charge in [0.05, 0.1) is 7.11 Å². The highest BCUT2D eigenvalue weighted by molar-refractivity contribution is 5.78. The zero-order valence-electron chi connectivity index (χ0n) is 15.9. The first-order chi connectivity index (χ1) is 12.7. The van der Waals surface area contributed by atoms with Gasteiger partial charge >= 0.3 is 0 Å². The van der Waals surface area contributed by atoms with Gasteiger partial charge in [-0.15, -0.1) is 0 Å². The van der Waals surface area contributed by atoms with E-state index in [0.717, 1.165) is 44.0 Å². The molecule has 0 spiro atoms. The third-order valence-electron chi connectivity index (χ3n) is 5.14. The second kappa shape index (κ2) is 9.08. The van der Waals surface area contributed by atoms with E-state index in [1.54, 1.807) is 7.11 Å². The number of allylic oxidation sites excluding steroid dienone is 1. The number of carbonyl (C=O) groups excluding carboxylic acids is 1. The number of methoxy groups -OCH3 is 1. The Morgan fingerprint density at radius 2 is 2.00 bits per heavy atom. The van der Waals surface area contributed by atoms with E-state index in [4.69, 9.17) is 9.47 Å². The van der Waals surface area contributed by atoms with Crippen molar-refractivity contribution in [3.63, 3.8) is 0 Å². The smallest absolute Gasteiger partial charge is 0.260 e. The number of nitrogens with zero attached hydrogens (tertiary/aromatic N) is 1. The van der Waals surface area contributed by atoms with Crippen LogP contribution >= 0.6 is 0 Å². The van der Waals surface area contributed by atoms with Crippen LogP contribution < -0.4 is 14.8 Å². The minimum Gasteiger partial charge on any atom is -0.493 e. The molecular weight excluding hydrogens is 328 g/mol. The van der Waals surface area contributed by atoms with Crippen molar-refractivity contribution in [3.05, 3.63) is 29.8 Å². The molecule has 1 saturated carbocycles. The predicted molar refractivity (Wildman–Crippen MR) is 104 cm³/mol. The van der Waals surface area contributed by atoms with Crippen LogP contribution in [0.1, 0.15) is 38.2 Å². The summed E-state index contributed by atoms with van der Waals surface area (Å²) in [5.74, 6) is 2.20. The molecule has 1 aromatic carbocycles. The summed E-state index contributed by atoms with van der Waals surface area (Å²) in [4.78, 5) is 14.4. The van der Waals surface area contributed by atoms with E-state index in [-0.39, 0.29) is 12.5 Å². The number of nitrogens with one attached hydrogen (secondary N) is 1. The van der Waals surface area contributed by atoms with Gasteiger partial charge in [0.25, 0.3) is 5.91 Å². The first kappa shape index (κ1) is 18.8. The van der Waals surface area contributed by atoms with Gasteiger partial charge in [-0.2, -0.15) is 0 Å². The highest BCUT2D eigenvalue weighted by Crippen LogP contribution is 2.29. The number of hydrogen-bond donors (Lipinski definition) is 1. The standard InChI is InChI=1S/C21H30N2O3/c1-3-4-16-7-8-19(20(13-16)25-2)26-15-21(24)23-11-9-18(10-12-23)22-14-17-5-6-17/h3-4,7-8,13,17-18,22H,5-6,9-12,14-15H2,1-2H3/b4-3+. The van der Waals surface area contributed by atoms with Gasteiger partial charge in [0.1, 0.15) is 0 Å². The molecular formula is C21H30N2O3. The van der Waals surface area contributed by atoms with Crippen LogP contribution in [0.4, 0.5) is 0 Å². The molecule has 0 unspecified atom stereocenters. The summed E-state index contributed by atoms with van der Waals surface area (Å²) in [5, 5.41) is 3.64. The summed E-state index contributed by atoms with van der Waals surface area (Å²) in [6, 6.07) is 6.28. The molecule has 0 aromatic heterocycles. The normalized spacial score (nSPS) is 18.3. The maximum absolute atomic E-state index is 12.5. The molecule has 1 amide bonds. The van der Waals surface area contributed by atoms with Gasteiger partial charge in [-0.1, -0.05) is 18.2 Å². The molecule has 1 aliphatic heterocycles. The minimum absolute atomic E-state index is 0.0465. The number of carbonyl (C=O) groups is 1. The van der Waals surface area contributed by atoms with Gasteiger partial charge in [0, 0.05) is 19.1 Å². The zero-order valence-corrected chi connectivity index (χ0v) is 15.9. The maximum atomic E-state index is 12.5. The number of ether oxygens (including phenoxy) is 2. The minimum atomic E-state index is 0.0465. The Kier molecular flexibility index (Phi) is 6.56. The molecule has 26 heavy (non-hydrogen) atoms. The Hall–Kier alpha value is -2.01. The Labute approximate surface area is 156 Å². The molecule has 0 radical (unpaired) electrons. The van der Waals surface area contributed by atoms with Crippen molar-refractivity contribution in [3.8, 4) is 11.5 Å². The lowest BCUT2D eigenvalue weighted by Crippen LogP contribution is -2.46. The Morgan fingerprint density at radius 1 is 1.23 bits per heavy atom. The molecule has 1 saturated heterocycles. The van der Waals surface area contributed by atoms with Crippen LogP contribution in [0.15, 0.2) is 24.3 Å². The molecule has 5 nitrogen and oxygen atoms in total. The summed E-state index contributed by atoms with van der Waals surface area (Å²) in [6.07, 6.45) is 8.78. The van der Waals surface area contributed by atoms with Gasteiger partial charge in [-0.25, -0.2) is 0 Å². The molecule has 1 aliphatic carbocycles. The van der Waals surface area contributed by atoms with Crippen LogP contribution in [0.25, 0.3) is 6.08 Å². The largest absolute Gasteiger partial charge is 0.493 e. The van der Waals surface area contributed by atoms with Crippen molar-refractivity contribution in [1.82, 2.24) is 10.2 Å². The van der Waals surface area contributed by atoms with Gasteiger partial charge < -0.3 is 19.7 Å². The number of hydrogen-bond acceptors (Lipinski definition) is 4. The summed E-state index contributed by atoms with van der Waals surface area (Å²) < 4.78 is 11.1. The van der Waals surface area contributed by atoms with E-state index in [2.05, 4.69) is 5.32 Å². The number of piperidine rings is 1. The lowest BCUT2D eigenvalue weighted by atomic mass is 10.0. The summed E-state index contributed by atoms with van der Waals surface area (Å²) >= 11 is 0. The highest BCUT2D eigenvalue weighted by Gasteiger charge is 2.26. The fourth-order valence-electron chi connectivity index (χ4n) is 3.32. The lowest BCUT2D eigenvalue weighted by molar-refractivity contribution is -0.134. The number of rotatable bonds is 8. The molecule has 0 bridgehead atoms. The van der Waals surface area contributed by atoms with E-state index in [1.807, 2.05) is 42.2 Å². The summed E-state index contributed by atoms with van der Waals surface area (Å²) in [6.45, 7) is 4.79. The van der Waals surface area contributed by atoms with Gasteiger partial charge in [0.15, 0.2) is 18.1 Å². The van der Waals surface area contributed by atoms with E-state index in [0.29, 0.717) is 17.5 Å². The van der Waals surface area contributed by atoms with Gasteiger partial charge in [0.2, 0.25) is 0 Å². The zero-order chi connectivity index (χ0) is 18.4. The number of amides is 1. The molecule has 0 atom stereocenters. The van der Waals surface area contributed by atoms with Crippen LogP contribution in [0.3, 0.4) is 0 Å². The second-order valence-corrected chi connectivity index (χ2v) is 7.21. The van der Waals surface area contributed by atoms with Crippen LogP contribution in [0.5, 0.6) is 11.5 Å². The second-order valence-electron chi connectivity index (χ2n) is 7.21. The number of likely N-dealkylation sites (tertiary alicyclic amines) is 1. The van der Waals surface area contributed by atoms with Crippen LogP contribution in [0.2, 0.25) is 0 Å². The molecule has 1 heterocycles. The van der Waals surface area contributed by atoms with Crippen molar-refractivity contribution in [2.24, 2.45) is 5.92 Å². The monoisotopic (exact) mass is 358 g/mol. The first-order valence-corrected chi connectivity index (χ1v) is 9.64. The quantitative estimate of drug-likeness (QED) is 0.776. The van der Waals surface area contributed by atoms with E-state index in [9.17, 15) is 4.79 Å². The fraction of sp³-hybridized carbons (Fsp3) is 0.571. The average molecular weight is 358 g/mol. The average Bonchev–Trinajstić information content (AvgIpc) is 3.50. The first-order valence-electron chi connectivity index (χ1n) is 9.64. The SMILES string of the molecule is C/C=C/c1ccc(OCC(=O)N2CCC(NCC3CC3)CC2)c(OC)c1. The lowest BCUT2D eigenvalue weighted by Gasteiger charge is -2.32. The van der Waals surface area contributed by atoms with E-state index in [1.165, 1.54) is 12.8 Å². The van der Waals surface area contributed by atoms with E-state index < -0.39 is 0 Å². The highest BCUT2D eigenvalue weighted by atomic mass is 16.5. The topological polar surface area (TPSA) is 50.8 Å². The molecule has 1 aromatic rings. The van der Waals surface area contributed by atoms with Crippen molar-refractivity contribution in [2.45, 2.75) is 38.6 Å². The van der Waals surface area contributed by atoms with Gasteiger partial charge in [-0.3, -0.25) is 4.79 Å². The molecule has 2 fully saturated rings. The van der Waals surface area contributed by atoms with Crippen molar-refractivity contribution in [2.75, 3.05) is 33.4 Å². The number of benzene rings is 1. The third-order valence-corrected chi connectivity index (χ3v) is 5.14. The molecule has 3 rings (SSSR count). The van der Waals surface area contributed by atoms with Crippen LogP contribution in [-0.2, 0) is 4.79 Å².